The average molecular weight is 278 g/mol. The number of amides is 2. The van der Waals surface area contributed by atoms with E-state index in [9.17, 15) is 9.59 Å². The molecular formula is C14H18N2O4. The second-order valence-corrected chi connectivity index (χ2v) is 4.08. The second kappa shape index (κ2) is 7.83. The summed E-state index contributed by atoms with van der Waals surface area (Å²) in [5, 5.41) is 13.4. The molecule has 0 heterocycles. The van der Waals surface area contributed by atoms with Crippen molar-refractivity contribution in [3.8, 4) is 5.75 Å². The van der Waals surface area contributed by atoms with Crippen LogP contribution in [0.1, 0.15) is 12.5 Å². The number of anilines is 1. The first kappa shape index (κ1) is 15.6. The van der Waals surface area contributed by atoms with Crippen LogP contribution in [0.4, 0.5) is 10.5 Å². The van der Waals surface area contributed by atoms with Crippen molar-refractivity contribution in [2.45, 2.75) is 13.3 Å². The lowest BCUT2D eigenvalue weighted by molar-refractivity contribution is -0.114. The van der Waals surface area contributed by atoms with E-state index < -0.39 is 6.09 Å². The summed E-state index contributed by atoms with van der Waals surface area (Å²) in [6, 6.07) is 5.28. The number of hydrogen-bond donors (Lipinski definition) is 3. The van der Waals surface area contributed by atoms with Gasteiger partial charge in [0.25, 0.3) is 0 Å². The van der Waals surface area contributed by atoms with Crippen molar-refractivity contribution >= 4 is 17.7 Å². The van der Waals surface area contributed by atoms with Gasteiger partial charge in [-0.15, -0.1) is 6.58 Å². The van der Waals surface area contributed by atoms with E-state index in [1.165, 1.54) is 6.92 Å². The number of carbonyl (C=O) groups is 2. The third kappa shape index (κ3) is 5.43. The predicted octanol–water partition coefficient (Wildman–Crippen LogP) is 2.02. The minimum absolute atomic E-state index is 0.145. The summed E-state index contributed by atoms with van der Waals surface area (Å²) in [7, 11) is 0. The van der Waals surface area contributed by atoms with E-state index in [0.29, 0.717) is 17.9 Å². The van der Waals surface area contributed by atoms with E-state index in [0.717, 1.165) is 5.56 Å². The third-order valence-corrected chi connectivity index (χ3v) is 2.38. The second-order valence-electron chi connectivity index (χ2n) is 4.08. The maximum Gasteiger partial charge on any atom is 0.404 e. The maximum atomic E-state index is 11.0. The minimum Gasteiger partial charge on any atom is -0.491 e. The first-order valence-corrected chi connectivity index (χ1v) is 6.14. The molecule has 0 aliphatic rings. The van der Waals surface area contributed by atoms with Gasteiger partial charge in [0.05, 0.1) is 6.54 Å². The number of carboxylic acid groups (broad SMARTS) is 1. The summed E-state index contributed by atoms with van der Waals surface area (Å²) in [6.45, 7) is 5.55. The number of benzene rings is 1. The fraction of sp³-hybridized carbons (Fsp3) is 0.286. The number of allylic oxidation sites excluding steroid dienone is 1. The fourth-order valence-electron chi connectivity index (χ4n) is 1.64. The quantitative estimate of drug-likeness (QED) is 0.526. The highest BCUT2D eigenvalue weighted by Gasteiger charge is 2.05. The molecule has 0 bridgehead atoms. The zero-order valence-electron chi connectivity index (χ0n) is 11.3. The van der Waals surface area contributed by atoms with Gasteiger partial charge in [0, 0.05) is 12.6 Å². The van der Waals surface area contributed by atoms with Crippen LogP contribution in [-0.2, 0) is 11.2 Å². The molecule has 3 N–H and O–H groups in total. The molecule has 20 heavy (non-hydrogen) atoms. The molecule has 0 aliphatic carbocycles. The Kier molecular flexibility index (Phi) is 6.09. The Morgan fingerprint density at radius 3 is 2.80 bits per heavy atom. The van der Waals surface area contributed by atoms with Crippen molar-refractivity contribution in [3.05, 3.63) is 36.4 Å². The van der Waals surface area contributed by atoms with E-state index in [2.05, 4.69) is 17.2 Å². The standard InChI is InChI=1S/C14H18N2O4/c1-3-4-11-9-12(16-10(2)17)5-6-13(11)20-8-7-15-14(18)19/h3,5-6,9,15H,1,4,7-8H2,2H3,(H,16,17)(H,18,19). The number of ether oxygens (including phenoxy) is 1. The summed E-state index contributed by atoms with van der Waals surface area (Å²) < 4.78 is 5.51. The largest absolute Gasteiger partial charge is 0.491 e. The van der Waals surface area contributed by atoms with Gasteiger partial charge in [0.15, 0.2) is 0 Å². The highest BCUT2D eigenvalue weighted by atomic mass is 16.5. The van der Waals surface area contributed by atoms with Crippen LogP contribution in [0.2, 0.25) is 0 Å². The highest BCUT2D eigenvalue weighted by molar-refractivity contribution is 5.88. The van der Waals surface area contributed by atoms with Crippen LogP contribution in [0.3, 0.4) is 0 Å². The summed E-state index contributed by atoms with van der Waals surface area (Å²) in [5.74, 6) is 0.500. The molecule has 0 saturated heterocycles. The highest BCUT2D eigenvalue weighted by Crippen LogP contribution is 2.23. The molecule has 1 rings (SSSR count). The Labute approximate surface area is 117 Å². The van der Waals surface area contributed by atoms with Crippen molar-refractivity contribution in [3.63, 3.8) is 0 Å². The molecule has 6 nitrogen and oxygen atoms in total. The van der Waals surface area contributed by atoms with E-state index in [1.54, 1.807) is 18.2 Å². The zero-order valence-corrected chi connectivity index (χ0v) is 11.3. The molecule has 0 radical (unpaired) electrons. The summed E-state index contributed by atoms with van der Waals surface area (Å²) in [5.41, 5.74) is 1.56. The Morgan fingerprint density at radius 2 is 2.20 bits per heavy atom. The van der Waals surface area contributed by atoms with Gasteiger partial charge in [0.2, 0.25) is 5.91 Å². The van der Waals surface area contributed by atoms with Crippen LogP contribution in [0.5, 0.6) is 5.75 Å². The smallest absolute Gasteiger partial charge is 0.404 e. The molecule has 0 fully saturated rings. The Hall–Kier alpha value is -2.50. The molecule has 1 aromatic carbocycles. The van der Waals surface area contributed by atoms with Gasteiger partial charge < -0.3 is 20.5 Å². The van der Waals surface area contributed by atoms with Crippen LogP contribution in [0.15, 0.2) is 30.9 Å². The molecular weight excluding hydrogens is 260 g/mol. The third-order valence-electron chi connectivity index (χ3n) is 2.38. The van der Waals surface area contributed by atoms with E-state index >= 15 is 0 Å². The van der Waals surface area contributed by atoms with E-state index in [1.807, 2.05) is 6.07 Å². The average Bonchev–Trinajstić information content (AvgIpc) is 2.36. The molecule has 0 atom stereocenters. The van der Waals surface area contributed by atoms with Crippen molar-refractivity contribution in [2.75, 3.05) is 18.5 Å². The van der Waals surface area contributed by atoms with Crippen molar-refractivity contribution in [2.24, 2.45) is 0 Å². The van der Waals surface area contributed by atoms with Gasteiger partial charge in [-0.25, -0.2) is 4.79 Å². The number of hydrogen-bond acceptors (Lipinski definition) is 3. The predicted molar refractivity (Wildman–Crippen MR) is 76.2 cm³/mol. The molecule has 1 aromatic rings. The van der Waals surface area contributed by atoms with Gasteiger partial charge in [-0.3, -0.25) is 4.79 Å². The lowest BCUT2D eigenvalue weighted by Crippen LogP contribution is -2.26. The van der Waals surface area contributed by atoms with Gasteiger partial charge in [-0.1, -0.05) is 6.08 Å². The monoisotopic (exact) mass is 278 g/mol. The first-order valence-electron chi connectivity index (χ1n) is 6.14. The van der Waals surface area contributed by atoms with Gasteiger partial charge >= 0.3 is 6.09 Å². The van der Waals surface area contributed by atoms with Gasteiger partial charge in [0.1, 0.15) is 12.4 Å². The van der Waals surface area contributed by atoms with E-state index in [4.69, 9.17) is 9.84 Å². The number of carbonyl (C=O) groups excluding carboxylic acids is 1. The lowest BCUT2D eigenvalue weighted by Gasteiger charge is -2.12. The Bertz CT molecular complexity index is 500. The SMILES string of the molecule is C=CCc1cc(NC(C)=O)ccc1OCCNC(=O)O. The molecule has 0 aliphatic heterocycles. The van der Waals surface area contributed by atoms with Crippen LogP contribution in [-0.4, -0.2) is 30.3 Å². The normalized spacial score (nSPS) is 9.65. The van der Waals surface area contributed by atoms with Crippen LogP contribution < -0.4 is 15.4 Å². The summed E-state index contributed by atoms with van der Waals surface area (Å²) in [6.07, 6.45) is 1.24. The Balaban J connectivity index is 2.70. The van der Waals surface area contributed by atoms with Crippen LogP contribution in [0, 0.1) is 0 Å². The van der Waals surface area contributed by atoms with Gasteiger partial charge in [-0.05, 0) is 30.2 Å². The number of rotatable bonds is 7. The molecule has 6 heteroatoms. The molecule has 2 amide bonds. The van der Waals surface area contributed by atoms with Crippen LogP contribution >= 0.6 is 0 Å². The zero-order chi connectivity index (χ0) is 15.0. The summed E-state index contributed by atoms with van der Waals surface area (Å²) in [4.78, 5) is 21.3. The minimum atomic E-state index is -1.08. The van der Waals surface area contributed by atoms with Crippen LogP contribution in [0.25, 0.3) is 0 Å². The maximum absolute atomic E-state index is 11.0. The van der Waals surface area contributed by atoms with E-state index in [-0.39, 0.29) is 19.1 Å². The number of nitrogens with one attached hydrogen (secondary N) is 2. The molecule has 0 unspecified atom stereocenters. The fourth-order valence-corrected chi connectivity index (χ4v) is 1.64. The van der Waals surface area contributed by atoms with Crippen molar-refractivity contribution < 1.29 is 19.4 Å². The summed E-state index contributed by atoms with van der Waals surface area (Å²) >= 11 is 0. The lowest BCUT2D eigenvalue weighted by atomic mass is 10.1. The molecule has 0 saturated carbocycles. The molecule has 108 valence electrons. The van der Waals surface area contributed by atoms with Crippen molar-refractivity contribution in [1.82, 2.24) is 5.32 Å². The molecule has 0 spiro atoms. The topological polar surface area (TPSA) is 87.7 Å². The first-order chi connectivity index (χ1) is 9.52. The van der Waals surface area contributed by atoms with Crippen molar-refractivity contribution in [1.29, 1.82) is 0 Å². The molecule has 0 aromatic heterocycles. The Morgan fingerprint density at radius 1 is 1.45 bits per heavy atom. The van der Waals surface area contributed by atoms with Gasteiger partial charge in [-0.2, -0.15) is 0 Å².